The molecule has 0 aliphatic heterocycles. The van der Waals surface area contributed by atoms with Crippen LogP contribution in [-0.4, -0.2) is 51.9 Å². The zero-order valence-electron chi connectivity index (χ0n) is 13.0. The number of sulfone groups is 1. The molecule has 1 aromatic carbocycles. The van der Waals surface area contributed by atoms with Gasteiger partial charge in [-0.3, -0.25) is 4.99 Å². The molecule has 1 rings (SSSR count). The third kappa shape index (κ3) is 8.52. The summed E-state index contributed by atoms with van der Waals surface area (Å²) in [5.74, 6) is 0.523. The molecule has 0 fully saturated rings. The van der Waals surface area contributed by atoms with Gasteiger partial charge in [0.2, 0.25) is 0 Å². The van der Waals surface area contributed by atoms with Crippen LogP contribution >= 0.6 is 24.0 Å². The van der Waals surface area contributed by atoms with E-state index < -0.39 is 9.84 Å². The molecule has 22 heavy (non-hydrogen) atoms. The van der Waals surface area contributed by atoms with Crippen LogP contribution in [0, 0.1) is 5.82 Å². The Hall–Kier alpha value is -0.900. The smallest absolute Gasteiger partial charge is 0.193 e. The van der Waals surface area contributed by atoms with E-state index in [0.29, 0.717) is 25.5 Å². The predicted molar refractivity (Wildman–Crippen MR) is 99.0 cm³/mol. The van der Waals surface area contributed by atoms with Crippen LogP contribution in [0.3, 0.4) is 0 Å². The molecular formula is C14H23FIN3O2S. The Bertz CT molecular complexity index is 594. The Morgan fingerprint density at radius 3 is 2.64 bits per heavy atom. The fourth-order valence-corrected chi connectivity index (χ4v) is 2.57. The molecule has 1 N–H and O–H groups in total. The molecule has 5 nitrogen and oxygen atoms in total. The molecule has 1 aromatic rings. The summed E-state index contributed by atoms with van der Waals surface area (Å²) in [4.78, 5) is 5.99. The van der Waals surface area contributed by atoms with Gasteiger partial charge in [-0.05, 0) is 24.1 Å². The maximum Gasteiger partial charge on any atom is 0.193 e. The van der Waals surface area contributed by atoms with Crippen molar-refractivity contribution in [1.29, 1.82) is 0 Å². The molecule has 0 spiro atoms. The zero-order chi connectivity index (χ0) is 15.9. The third-order valence-electron chi connectivity index (χ3n) is 2.86. The van der Waals surface area contributed by atoms with Gasteiger partial charge in [0.1, 0.15) is 15.7 Å². The van der Waals surface area contributed by atoms with Gasteiger partial charge in [-0.15, -0.1) is 24.0 Å². The number of hydrogen-bond donors (Lipinski definition) is 1. The first-order valence-corrected chi connectivity index (χ1v) is 8.72. The van der Waals surface area contributed by atoms with Gasteiger partial charge in [-0.2, -0.15) is 0 Å². The molecule has 126 valence electrons. The number of nitrogens with zero attached hydrogens (tertiary/aromatic N) is 2. The summed E-state index contributed by atoms with van der Waals surface area (Å²) < 4.78 is 35.2. The second-order valence-corrected chi connectivity index (χ2v) is 7.20. The van der Waals surface area contributed by atoms with Crippen molar-refractivity contribution in [2.75, 3.05) is 32.6 Å². The first-order valence-electron chi connectivity index (χ1n) is 6.66. The summed E-state index contributed by atoms with van der Waals surface area (Å²) in [6.45, 7) is 1.04. The van der Waals surface area contributed by atoms with Crippen molar-refractivity contribution in [2.24, 2.45) is 4.99 Å². The highest BCUT2D eigenvalue weighted by Gasteiger charge is 2.07. The average molecular weight is 443 g/mol. The van der Waals surface area contributed by atoms with Crippen LogP contribution in [0.2, 0.25) is 0 Å². The minimum atomic E-state index is -2.94. The number of nitrogens with one attached hydrogen (secondary N) is 1. The quantitative estimate of drug-likeness (QED) is 0.316. The SMILES string of the molecule is CN=C(NCCCS(C)(=O)=O)N(C)Cc1cccc(F)c1.I. The third-order valence-corrected chi connectivity index (χ3v) is 3.89. The molecule has 0 aromatic heterocycles. The molecule has 0 unspecified atom stereocenters. The predicted octanol–water partition coefficient (Wildman–Crippen LogP) is 1.89. The highest BCUT2D eigenvalue weighted by molar-refractivity contribution is 14.0. The van der Waals surface area contributed by atoms with E-state index >= 15 is 0 Å². The number of rotatable bonds is 6. The van der Waals surface area contributed by atoms with Crippen molar-refractivity contribution in [3.63, 3.8) is 0 Å². The van der Waals surface area contributed by atoms with Crippen molar-refractivity contribution in [3.05, 3.63) is 35.6 Å². The van der Waals surface area contributed by atoms with Crippen molar-refractivity contribution in [2.45, 2.75) is 13.0 Å². The molecule has 0 saturated carbocycles. The largest absolute Gasteiger partial charge is 0.356 e. The Morgan fingerprint density at radius 2 is 2.09 bits per heavy atom. The zero-order valence-corrected chi connectivity index (χ0v) is 16.2. The average Bonchev–Trinajstić information content (AvgIpc) is 2.37. The molecular weight excluding hydrogens is 420 g/mol. The van der Waals surface area contributed by atoms with Gasteiger partial charge in [0, 0.05) is 33.4 Å². The van der Waals surface area contributed by atoms with Gasteiger partial charge < -0.3 is 10.2 Å². The first kappa shape index (κ1) is 21.1. The lowest BCUT2D eigenvalue weighted by molar-refractivity contribution is 0.474. The molecule has 0 heterocycles. The molecule has 8 heteroatoms. The summed E-state index contributed by atoms with van der Waals surface area (Å²) in [6.07, 6.45) is 1.74. The second-order valence-electron chi connectivity index (χ2n) is 4.94. The number of halogens is 2. The Kier molecular flexibility index (Phi) is 9.58. The fourth-order valence-electron chi connectivity index (χ4n) is 1.90. The number of aliphatic imine (C=N–C) groups is 1. The lowest BCUT2D eigenvalue weighted by Crippen LogP contribution is -2.39. The van der Waals surface area contributed by atoms with E-state index in [4.69, 9.17) is 0 Å². The van der Waals surface area contributed by atoms with E-state index in [1.165, 1.54) is 18.4 Å². The van der Waals surface area contributed by atoms with Crippen LogP contribution in [0.15, 0.2) is 29.3 Å². The maximum atomic E-state index is 13.1. The maximum absolute atomic E-state index is 13.1. The molecule has 0 atom stereocenters. The van der Waals surface area contributed by atoms with Crippen molar-refractivity contribution >= 4 is 39.8 Å². The minimum Gasteiger partial charge on any atom is -0.356 e. The van der Waals surface area contributed by atoms with Crippen LogP contribution in [0.5, 0.6) is 0 Å². The number of benzene rings is 1. The lowest BCUT2D eigenvalue weighted by Gasteiger charge is -2.22. The lowest BCUT2D eigenvalue weighted by atomic mass is 10.2. The van der Waals surface area contributed by atoms with Gasteiger partial charge in [-0.25, -0.2) is 12.8 Å². The van der Waals surface area contributed by atoms with Gasteiger partial charge in [-0.1, -0.05) is 12.1 Å². The highest BCUT2D eigenvalue weighted by atomic mass is 127. The van der Waals surface area contributed by atoms with E-state index in [9.17, 15) is 12.8 Å². The van der Waals surface area contributed by atoms with Crippen molar-refractivity contribution < 1.29 is 12.8 Å². The van der Waals surface area contributed by atoms with E-state index in [2.05, 4.69) is 10.3 Å². The van der Waals surface area contributed by atoms with Gasteiger partial charge >= 0.3 is 0 Å². The van der Waals surface area contributed by atoms with Crippen molar-refractivity contribution in [1.82, 2.24) is 10.2 Å². The summed E-state index contributed by atoms with van der Waals surface area (Å²) in [6, 6.07) is 6.40. The molecule has 0 radical (unpaired) electrons. The second kappa shape index (κ2) is 9.98. The van der Waals surface area contributed by atoms with E-state index in [1.807, 2.05) is 18.0 Å². The van der Waals surface area contributed by atoms with Crippen LogP contribution in [-0.2, 0) is 16.4 Å². The molecule has 0 saturated heterocycles. The van der Waals surface area contributed by atoms with Crippen LogP contribution in [0.25, 0.3) is 0 Å². The van der Waals surface area contributed by atoms with Gasteiger partial charge in [0.15, 0.2) is 5.96 Å². The Labute approximate surface area is 148 Å². The first-order chi connectivity index (χ1) is 9.81. The van der Waals surface area contributed by atoms with Gasteiger partial charge in [0.25, 0.3) is 0 Å². The molecule has 0 aliphatic rings. The van der Waals surface area contributed by atoms with Gasteiger partial charge in [0.05, 0.1) is 5.75 Å². The standard InChI is InChI=1S/C14H22FN3O2S.HI/c1-16-14(17-8-5-9-21(3,19)20)18(2)11-12-6-4-7-13(15)10-12;/h4,6-7,10H,5,8-9,11H2,1-3H3,(H,16,17);1H. The molecule has 0 aliphatic carbocycles. The molecule has 0 amide bonds. The summed E-state index contributed by atoms with van der Waals surface area (Å²) >= 11 is 0. The van der Waals surface area contributed by atoms with E-state index in [0.717, 1.165) is 5.56 Å². The monoisotopic (exact) mass is 443 g/mol. The minimum absolute atomic E-state index is 0. The van der Waals surface area contributed by atoms with Crippen LogP contribution in [0.1, 0.15) is 12.0 Å². The Balaban J connectivity index is 0.00000441. The summed E-state index contributed by atoms with van der Waals surface area (Å²) in [5, 5.41) is 3.09. The van der Waals surface area contributed by atoms with E-state index in [1.54, 1.807) is 13.1 Å². The number of guanidine groups is 1. The normalized spacial score (nSPS) is 11.7. The van der Waals surface area contributed by atoms with E-state index in [-0.39, 0.29) is 35.5 Å². The fraction of sp³-hybridized carbons (Fsp3) is 0.500. The summed E-state index contributed by atoms with van der Waals surface area (Å²) in [7, 11) is 0.560. The highest BCUT2D eigenvalue weighted by Crippen LogP contribution is 2.06. The van der Waals surface area contributed by atoms with Crippen LogP contribution < -0.4 is 5.32 Å². The topological polar surface area (TPSA) is 61.8 Å². The Morgan fingerprint density at radius 1 is 1.41 bits per heavy atom. The molecule has 0 bridgehead atoms. The van der Waals surface area contributed by atoms with Crippen LogP contribution in [0.4, 0.5) is 4.39 Å². The number of hydrogen-bond acceptors (Lipinski definition) is 3. The summed E-state index contributed by atoms with van der Waals surface area (Å²) in [5.41, 5.74) is 0.844. The van der Waals surface area contributed by atoms with Crippen molar-refractivity contribution in [3.8, 4) is 0 Å².